The zero-order chi connectivity index (χ0) is 20.4. The van der Waals surface area contributed by atoms with Crippen LogP contribution >= 0.6 is 27.5 Å². The maximum absolute atomic E-state index is 13.2. The van der Waals surface area contributed by atoms with Crippen molar-refractivity contribution in [3.05, 3.63) is 56.8 Å². The first kappa shape index (κ1) is 23.0. The van der Waals surface area contributed by atoms with Crippen LogP contribution in [0.3, 0.4) is 0 Å². The minimum absolute atomic E-state index is 0.229. The molecule has 2 aromatic rings. The summed E-state index contributed by atoms with van der Waals surface area (Å²) >= 11 is 9.68. The van der Waals surface area contributed by atoms with Gasteiger partial charge in [-0.25, -0.2) is 4.39 Å². The van der Waals surface area contributed by atoms with Crippen molar-refractivity contribution < 1.29 is 13.9 Å². The number of nitrogens with one attached hydrogen (secondary N) is 1. The normalized spacial score (nSPS) is 10.9. The van der Waals surface area contributed by atoms with Gasteiger partial charge in [0.25, 0.3) is 0 Å². The molecule has 0 saturated carbocycles. The van der Waals surface area contributed by atoms with Crippen molar-refractivity contribution in [2.24, 2.45) is 0 Å². The van der Waals surface area contributed by atoms with Gasteiger partial charge in [-0.2, -0.15) is 0 Å². The summed E-state index contributed by atoms with van der Waals surface area (Å²) in [5, 5.41) is 3.82. The average molecular weight is 473 g/mol. The highest BCUT2D eigenvalue weighted by atomic mass is 79.9. The van der Waals surface area contributed by atoms with E-state index in [1.165, 1.54) is 37.8 Å². The van der Waals surface area contributed by atoms with Gasteiger partial charge in [0, 0.05) is 12.1 Å². The zero-order valence-corrected chi connectivity index (χ0v) is 18.8. The maximum atomic E-state index is 13.2. The molecular formula is C22H28BrClFNO2. The second-order valence-electron chi connectivity index (χ2n) is 6.60. The summed E-state index contributed by atoms with van der Waals surface area (Å²) in [5.41, 5.74) is 1.84. The van der Waals surface area contributed by atoms with Gasteiger partial charge in [-0.05, 0) is 65.6 Å². The Bertz CT molecular complexity index is 758. The van der Waals surface area contributed by atoms with Crippen LogP contribution in [0.15, 0.2) is 34.8 Å². The molecule has 2 aromatic carbocycles. The standard InChI is InChI=1S/C22H28BrClFNO2/c1-3-5-6-7-10-26-14-16-11-19(23)22(21(12-16)27-4-2)28-15-17-8-9-18(25)13-20(17)24/h8-9,11-13,26H,3-7,10,14-15H2,1-2H3. The summed E-state index contributed by atoms with van der Waals surface area (Å²) in [4.78, 5) is 0. The molecule has 6 heteroatoms. The molecule has 0 aliphatic heterocycles. The predicted molar refractivity (Wildman–Crippen MR) is 117 cm³/mol. The lowest BCUT2D eigenvalue weighted by atomic mass is 10.1. The van der Waals surface area contributed by atoms with Gasteiger partial charge in [0.15, 0.2) is 11.5 Å². The third kappa shape index (κ3) is 7.26. The van der Waals surface area contributed by atoms with Crippen LogP contribution < -0.4 is 14.8 Å². The third-order valence-corrected chi connectivity index (χ3v) is 5.23. The molecule has 0 radical (unpaired) electrons. The summed E-state index contributed by atoms with van der Waals surface area (Å²) in [5.74, 6) is 0.934. The van der Waals surface area contributed by atoms with Crippen LogP contribution in [-0.2, 0) is 13.2 Å². The number of halogens is 3. The number of ether oxygens (including phenoxy) is 2. The van der Waals surface area contributed by atoms with Crippen LogP contribution in [0, 0.1) is 5.82 Å². The summed E-state index contributed by atoms with van der Waals surface area (Å²) in [6, 6.07) is 8.31. The molecule has 0 spiro atoms. The van der Waals surface area contributed by atoms with Crippen LogP contribution in [0.2, 0.25) is 5.02 Å². The molecule has 0 aliphatic rings. The number of unbranched alkanes of at least 4 members (excludes halogenated alkanes) is 3. The maximum Gasteiger partial charge on any atom is 0.175 e. The molecule has 3 nitrogen and oxygen atoms in total. The Balaban J connectivity index is 2.02. The van der Waals surface area contributed by atoms with Gasteiger partial charge in [-0.1, -0.05) is 43.9 Å². The van der Waals surface area contributed by atoms with Crippen molar-refractivity contribution in [1.82, 2.24) is 5.32 Å². The quantitative estimate of drug-likeness (QED) is 0.341. The van der Waals surface area contributed by atoms with E-state index in [0.29, 0.717) is 23.1 Å². The first-order valence-corrected chi connectivity index (χ1v) is 10.9. The van der Waals surface area contributed by atoms with E-state index in [0.717, 1.165) is 28.7 Å². The fourth-order valence-corrected chi connectivity index (χ4v) is 3.65. The van der Waals surface area contributed by atoms with Gasteiger partial charge in [-0.3, -0.25) is 0 Å². The Morgan fingerprint density at radius 1 is 1.07 bits per heavy atom. The van der Waals surface area contributed by atoms with E-state index in [-0.39, 0.29) is 12.4 Å². The molecular weight excluding hydrogens is 445 g/mol. The van der Waals surface area contributed by atoms with Crippen molar-refractivity contribution in [3.8, 4) is 11.5 Å². The van der Waals surface area contributed by atoms with Crippen molar-refractivity contribution in [3.63, 3.8) is 0 Å². The Hall–Kier alpha value is -1.30. The van der Waals surface area contributed by atoms with E-state index in [4.69, 9.17) is 21.1 Å². The lowest BCUT2D eigenvalue weighted by Crippen LogP contribution is -2.15. The van der Waals surface area contributed by atoms with Crippen molar-refractivity contribution >= 4 is 27.5 Å². The lowest BCUT2D eigenvalue weighted by Gasteiger charge is -2.16. The zero-order valence-electron chi connectivity index (χ0n) is 16.5. The Kier molecular flexibility index (Phi) is 10.1. The molecule has 0 saturated heterocycles. The van der Waals surface area contributed by atoms with Gasteiger partial charge < -0.3 is 14.8 Å². The molecule has 0 amide bonds. The van der Waals surface area contributed by atoms with E-state index in [1.807, 2.05) is 19.1 Å². The molecule has 0 aromatic heterocycles. The van der Waals surface area contributed by atoms with Crippen LogP contribution in [0.1, 0.15) is 50.7 Å². The monoisotopic (exact) mass is 471 g/mol. The van der Waals surface area contributed by atoms with Crippen LogP contribution in [-0.4, -0.2) is 13.2 Å². The Morgan fingerprint density at radius 3 is 2.61 bits per heavy atom. The molecule has 0 unspecified atom stereocenters. The number of hydrogen-bond acceptors (Lipinski definition) is 3. The van der Waals surface area contributed by atoms with Gasteiger partial charge in [0.2, 0.25) is 0 Å². The number of hydrogen-bond donors (Lipinski definition) is 1. The summed E-state index contributed by atoms with van der Waals surface area (Å²) in [7, 11) is 0. The van der Waals surface area contributed by atoms with E-state index in [1.54, 1.807) is 6.07 Å². The van der Waals surface area contributed by atoms with Crippen LogP contribution in [0.5, 0.6) is 11.5 Å². The van der Waals surface area contributed by atoms with E-state index in [9.17, 15) is 4.39 Å². The lowest BCUT2D eigenvalue weighted by molar-refractivity contribution is 0.267. The van der Waals surface area contributed by atoms with Gasteiger partial charge >= 0.3 is 0 Å². The molecule has 0 aliphatic carbocycles. The summed E-state index contributed by atoms with van der Waals surface area (Å²) in [6.45, 7) is 6.69. The van der Waals surface area contributed by atoms with Gasteiger partial charge in [0.1, 0.15) is 12.4 Å². The summed E-state index contributed by atoms with van der Waals surface area (Å²) in [6.07, 6.45) is 4.98. The van der Waals surface area contributed by atoms with Gasteiger partial charge in [0.05, 0.1) is 16.1 Å². The molecule has 0 bridgehead atoms. The molecule has 2 rings (SSSR count). The molecule has 0 atom stereocenters. The molecule has 0 heterocycles. The molecule has 28 heavy (non-hydrogen) atoms. The smallest absolute Gasteiger partial charge is 0.175 e. The number of rotatable bonds is 12. The highest BCUT2D eigenvalue weighted by Crippen LogP contribution is 2.38. The van der Waals surface area contributed by atoms with Crippen LogP contribution in [0.25, 0.3) is 0 Å². The molecule has 0 fully saturated rings. The van der Waals surface area contributed by atoms with Crippen molar-refractivity contribution in [2.45, 2.75) is 52.7 Å². The molecule has 1 N–H and O–H groups in total. The highest BCUT2D eigenvalue weighted by Gasteiger charge is 2.13. The minimum Gasteiger partial charge on any atom is -0.490 e. The largest absolute Gasteiger partial charge is 0.490 e. The second-order valence-corrected chi connectivity index (χ2v) is 7.86. The Labute approximate surface area is 180 Å². The fourth-order valence-electron chi connectivity index (χ4n) is 2.82. The Morgan fingerprint density at radius 2 is 1.89 bits per heavy atom. The SMILES string of the molecule is CCCCCCNCc1cc(Br)c(OCc2ccc(F)cc2Cl)c(OCC)c1. The number of benzene rings is 2. The first-order chi connectivity index (χ1) is 13.5. The minimum atomic E-state index is -0.364. The fraction of sp³-hybridized carbons (Fsp3) is 0.455. The van der Waals surface area contributed by atoms with E-state index < -0.39 is 0 Å². The first-order valence-electron chi connectivity index (χ1n) is 9.77. The topological polar surface area (TPSA) is 30.5 Å². The van der Waals surface area contributed by atoms with Gasteiger partial charge in [-0.15, -0.1) is 0 Å². The predicted octanol–water partition coefficient (Wildman–Crippen LogP) is 6.89. The second kappa shape index (κ2) is 12.3. The third-order valence-electron chi connectivity index (χ3n) is 4.29. The molecule has 154 valence electrons. The van der Waals surface area contributed by atoms with E-state index in [2.05, 4.69) is 28.2 Å². The van der Waals surface area contributed by atoms with Crippen LogP contribution in [0.4, 0.5) is 4.39 Å². The van der Waals surface area contributed by atoms with Crippen molar-refractivity contribution in [1.29, 1.82) is 0 Å². The van der Waals surface area contributed by atoms with E-state index >= 15 is 0 Å². The summed E-state index contributed by atoms with van der Waals surface area (Å²) < 4.78 is 25.8. The highest BCUT2D eigenvalue weighted by molar-refractivity contribution is 9.10. The average Bonchev–Trinajstić information content (AvgIpc) is 2.65. The van der Waals surface area contributed by atoms with Crippen molar-refractivity contribution in [2.75, 3.05) is 13.2 Å².